The van der Waals surface area contributed by atoms with Crippen molar-refractivity contribution in [1.82, 2.24) is 4.57 Å². The molecule has 0 radical (unpaired) electrons. The Morgan fingerprint density at radius 1 is 1.06 bits per heavy atom. The Balaban J connectivity index is 0.000000581. The van der Waals surface area contributed by atoms with Gasteiger partial charge in [-0.15, -0.1) is 0 Å². The summed E-state index contributed by atoms with van der Waals surface area (Å²) >= 11 is 0. The van der Waals surface area contributed by atoms with Crippen LogP contribution in [0.2, 0.25) is 0 Å². The van der Waals surface area contributed by atoms with E-state index in [0.717, 1.165) is 12.2 Å². The molecule has 96 valence electrons. The molecule has 1 aromatic heterocycles. The average Bonchev–Trinajstić information content (AvgIpc) is 2.80. The first-order valence-corrected chi connectivity index (χ1v) is 6.55. The lowest BCUT2D eigenvalue weighted by Gasteiger charge is -2.04. The van der Waals surface area contributed by atoms with Crippen LogP contribution in [0.3, 0.4) is 0 Å². The van der Waals surface area contributed by atoms with Crippen molar-refractivity contribution in [2.45, 2.75) is 47.8 Å². The summed E-state index contributed by atoms with van der Waals surface area (Å²) in [4.78, 5) is 0. The zero-order chi connectivity index (χ0) is 13.3. The molecule has 0 aliphatic heterocycles. The minimum atomic E-state index is 0.114. The van der Waals surface area contributed by atoms with E-state index in [-0.39, 0.29) is 6.61 Å². The summed E-state index contributed by atoms with van der Waals surface area (Å²) < 4.78 is 2.13. The van der Waals surface area contributed by atoms with Gasteiger partial charge in [0, 0.05) is 17.8 Å². The third-order valence-corrected chi connectivity index (χ3v) is 2.37. The van der Waals surface area contributed by atoms with Gasteiger partial charge in [-0.05, 0) is 24.4 Å². The van der Waals surface area contributed by atoms with E-state index in [1.165, 1.54) is 10.9 Å². The van der Waals surface area contributed by atoms with Crippen molar-refractivity contribution in [2.24, 2.45) is 0 Å². The molecule has 0 saturated carbocycles. The molecule has 1 N–H and O–H groups in total. The van der Waals surface area contributed by atoms with Crippen LogP contribution in [0.25, 0.3) is 10.9 Å². The summed E-state index contributed by atoms with van der Waals surface area (Å²) in [5.74, 6) is 0. The van der Waals surface area contributed by atoms with E-state index in [0.29, 0.717) is 0 Å². The Morgan fingerprint density at radius 2 is 1.65 bits per heavy atom. The van der Waals surface area contributed by atoms with Crippen LogP contribution in [0.5, 0.6) is 0 Å². The van der Waals surface area contributed by atoms with Crippen molar-refractivity contribution in [3.8, 4) is 0 Å². The molecule has 2 rings (SSSR count). The van der Waals surface area contributed by atoms with Gasteiger partial charge in [-0.3, -0.25) is 0 Å². The number of fused-ring (bicyclic) bond motifs is 1. The van der Waals surface area contributed by atoms with E-state index < -0.39 is 0 Å². The minimum Gasteiger partial charge on any atom is -0.390 e. The van der Waals surface area contributed by atoms with Crippen LogP contribution in [0.4, 0.5) is 0 Å². The van der Waals surface area contributed by atoms with Crippen LogP contribution in [0, 0.1) is 0 Å². The van der Waals surface area contributed by atoms with Gasteiger partial charge < -0.3 is 9.67 Å². The fourth-order valence-electron chi connectivity index (χ4n) is 1.77. The second-order valence-corrected chi connectivity index (χ2v) is 3.10. The maximum atomic E-state index is 9.13. The van der Waals surface area contributed by atoms with Gasteiger partial charge in [-0.1, -0.05) is 45.9 Å². The topological polar surface area (TPSA) is 25.2 Å². The molecular formula is C15H25NO. The third-order valence-electron chi connectivity index (χ3n) is 2.37. The predicted octanol–water partition coefficient (Wildman–Crippen LogP) is 4.21. The van der Waals surface area contributed by atoms with E-state index in [1.807, 2.05) is 45.9 Å². The molecule has 0 fully saturated rings. The van der Waals surface area contributed by atoms with Gasteiger partial charge in [0.05, 0.1) is 6.61 Å². The van der Waals surface area contributed by atoms with Crippen LogP contribution in [-0.4, -0.2) is 9.67 Å². The molecule has 0 spiro atoms. The van der Waals surface area contributed by atoms with Crippen LogP contribution in [-0.2, 0) is 13.2 Å². The number of aromatic nitrogens is 1. The Bertz CT molecular complexity index is 418. The van der Waals surface area contributed by atoms with E-state index in [9.17, 15) is 0 Å². The van der Waals surface area contributed by atoms with Crippen molar-refractivity contribution >= 4 is 10.9 Å². The highest BCUT2D eigenvalue weighted by Crippen LogP contribution is 2.19. The number of hydrogen-bond acceptors (Lipinski definition) is 1. The molecule has 0 bridgehead atoms. The molecule has 0 unspecified atom stereocenters. The number of para-hydroxylation sites is 1. The molecular weight excluding hydrogens is 210 g/mol. The Labute approximate surface area is 105 Å². The summed E-state index contributed by atoms with van der Waals surface area (Å²) in [5.41, 5.74) is 2.19. The molecule has 0 atom stereocenters. The van der Waals surface area contributed by atoms with Gasteiger partial charge in [-0.25, -0.2) is 0 Å². The number of rotatable bonds is 2. The smallest absolute Gasteiger partial charge is 0.0833 e. The number of aryl methyl sites for hydroxylation is 1. The maximum Gasteiger partial charge on any atom is 0.0833 e. The fraction of sp³-hybridized carbons (Fsp3) is 0.467. The number of aliphatic hydroxyl groups excluding tert-OH is 1. The number of hydrogen-bond donors (Lipinski definition) is 1. The van der Waals surface area contributed by atoms with Gasteiger partial charge in [0.15, 0.2) is 0 Å². The molecule has 0 aliphatic carbocycles. The second kappa shape index (κ2) is 8.82. The Hall–Kier alpha value is -1.28. The molecule has 2 nitrogen and oxygen atoms in total. The molecule has 2 aromatic rings. The average molecular weight is 235 g/mol. The lowest BCUT2D eigenvalue weighted by Crippen LogP contribution is -1.99. The van der Waals surface area contributed by atoms with Crippen LogP contribution in [0.1, 0.15) is 40.3 Å². The summed E-state index contributed by atoms with van der Waals surface area (Å²) in [6.45, 7) is 11.1. The summed E-state index contributed by atoms with van der Waals surface area (Å²) in [5, 5.41) is 10.3. The summed E-state index contributed by atoms with van der Waals surface area (Å²) in [7, 11) is 0. The number of nitrogens with zero attached hydrogens (tertiary/aromatic N) is 1. The van der Waals surface area contributed by atoms with E-state index in [2.05, 4.69) is 23.6 Å². The van der Waals surface area contributed by atoms with Crippen molar-refractivity contribution in [3.05, 3.63) is 36.0 Å². The SMILES string of the molecule is CC.CC.CCn1c(CO)cc2ccccc21. The first kappa shape index (κ1) is 15.7. The van der Waals surface area contributed by atoms with E-state index in [1.54, 1.807) is 0 Å². The second-order valence-electron chi connectivity index (χ2n) is 3.10. The van der Waals surface area contributed by atoms with Crippen molar-refractivity contribution in [1.29, 1.82) is 0 Å². The molecule has 1 aromatic carbocycles. The Kier molecular flexibility index (Phi) is 8.16. The standard InChI is InChI=1S/C11H13NO.2C2H6/c1-2-12-10(8-13)7-9-5-3-4-6-11(9)12;2*1-2/h3-7,13H,2,8H2,1H3;2*1-2H3. The van der Waals surface area contributed by atoms with Crippen molar-refractivity contribution in [2.75, 3.05) is 0 Å². The predicted molar refractivity (Wildman–Crippen MR) is 76.2 cm³/mol. The van der Waals surface area contributed by atoms with Crippen molar-refractivity contribution < 1.29 is 5.11 Å². The summed E-state index contributed by atoms with van der Waals surface area (Å²) in [6, 6.07) is 10.2. The van der Waals surface area contributed by atoms with Gasteiger partial charge >= 0.3 is 0 Å². The molecule has 2 heteroatoms. The highest BCUT2D eigenvalue weighted by atomic mass is 16.3. The largest absolute Gasteiger partial charge is 0.390 e. The van der Waals surface area contributed by atoms with Gasteiger partial charge in [-0.2, -0.15) is 0 Å². The fourth-order valence-corrected chi connectivity index (χ4v) is 1.77. The van der Waals surface area contributed by atoms with Crippen molar-refractivity contribution in [3.63, 3.8) is 0 Å². The highest BCUT2D eigenvalue weighted by molar-refractivity contribution is 5.81. The Morgan fingerprint density at radius 3 is 2.18 bits per heavy atom. The van der Waals surface area contributed by atoms with Crippen LogP contribution >= 0.6 is 0 Å². The van der Waals surface area contributed by atoms with Gasteiger partial charge in [0.25, 0.3) is 0 Å². The molecule has 0 aliphatic rings. The highest BCUT2D eigenvalue weighted by Gasteiger charge is 2.04. The summed E-state index contributed by atoms with van der Waals surface area (Å²) in [6.07, 6.45) is 0. The van der Waals surface area contributed by atoms with Crippen LogP contribution in [0.15, 0.2) is 30.3 Å². The zero-order valence-corrected chi connectivity index (χ0v) is 11.7. The number of benzene rings is 1. The molecule has 17 heavy (non-hydrogen) atoms. The monoisotopic (exact) mass is 235 g/mol. The molecule has 0 amide bonds. The molecule has 0 saturated heterocycles. The zero-order valence-electron chi connectivity index (χ0n) is 11.7. The number of aliphatic hydroxyl groups is 1. The van der Waals surface area contributed by atoms with Crippen LogP contribution < -0.4 is 0 Å². The van der Waals surface area contributed by atoms with E-state index >= 15 is 0 Å². The van der Waals surface area contributed by atoms with Gasteiger partial charge in [0.2, 0.25) is 0 Å². The van der Waals surface area contributed by atoms with E-state index in [4.69, 9.17) is 5.11 Å². The quantitative estimate of drug-likeness (QED) is 0.829. The minimum absolute atomic E-state index is 0.114. The maximum absolute atomic E-state index is 9.13. The lowest BCUT2D eigenvalue weighted by molar-refractivity contribution is 0.272. The lowest BCUT2D eigenvalue weighted by atomic mass is 10.2. The third kappa shape index (κ3) is 3.60. The first-order valence-electron chi connectivity index (χ1n) is 6.55. The molecule has 1 heterocycles. The normalized spacial score (nSPS) is 9.06. The first-order chi connectivity index (χ1) is 8.36. The van der Waals surface area contributed by atoms with Gasteiger partial charge in [0.1, 0.15) is 0 Å².